The molecule has 19 heavy (non-hydrogen) atoms. The Morgan fingerprint density at radius 2 is 2.21 bits per heavy atom. The third-order valence-electron chi connectivity index (χ3n) is 3.53. The first-order valence-corrected chi connectivity index (χ1v) is 7.29. The maximum absolute atomic E-state index is 4.71. The van der Waals surface area contributed by atoms with E-state index in [0.717, 1.165) is 28.2 Å². The van der Waals surface area contributed by atoms with Crippen LogP contribution in [0.3, 0.4) is 0 Å². The lowest BCUT2D eigenvalue weighted by molar-refractivity contribution is 0.743. The molecule has 6 heteroatoms. The SMILES string of the molecule is CC[C@H](C)Nc1nc2sc(C)c(C)c2c2ncnn12. The van der Waals surface area contributed by atoms with E-state index in [2.05, 4.69) is 43.1 Å². The third kappa shape index (κ3) is 1.87. The lowest BCUT2D eigenvalue weighted by Gasteiger charge is -2.12. The molecule has 0 aromatic carbocycles. The van der Waals surface area contributed by atoms with Gasteiger partial charge in [0, 0.05) is 10.9 Å². The van der Waals surface area contributed by atoms with Gasteiger partial charge >= 0.3 is 0 Å². The molecular formula is C13H17N5S. The van der Waals surface area contributed by atoms with E-state index in [4.69, 9.17) is 4.98 Å². The van der Waals surface area contributed by atoms with Crippen LogP contribution in [0.15, 0.2) is 6.33 Å². The molecule has 0 radical (unpaired) electrons. The van der Waals surface area contributed by atoms with Crippen LogP contribution in [0, 0.1) is 13.8 Å². The minimum atomic E-state index is 0.361. The third-order valence-corrected chi connectivity index (χ3v) is 4.64. The molecule has 3 rings (SSSR count). The number of fused-ring (bicyclic) bond motifs is 3. The molecule has 1 N–H and O–H groups in total. The molecule has 0 aliphatic heterocycles. The van der Waals surface area contributed by atoms with Crippen LogP contribution < -0.4 is 5.32 Å². The van der Waals surface area contributed by atoms with Gasteiger partial charge in [0.1, 0.15) is 11.2 Å². The van der Waals surface area contributed by atoms with Crippen LogP contribution >= 0.6 is 11.3 Å². The lowest BCUT2D eigenvalue weighted by atomic mass is 10.2. The fraction of sp³-hybridized carbons (Fsp3) is 0.462. The number of aromatic nitrogens is 4. The zero-order valence-corrected chi connectivity index (χ0v) is 12.4. The van der Waals surface area contributed by atoms with Crippen molar-refractivity contribution in [2.75, 3.05) is 5.32 Å². The monoisotopic (exact) mass is 275 g/mol. The van der Waals surface area contributed by atoms with Gasteiger partial charge in [0.05, 0.1) is 5.39 Å². The fourth-order valence-electron chi connectivity index (χ4n) is 2.08. The average Bonchev–Trinajstić information content (AvgIpc) is 2.96. The summed E-state index contributed by atoms with van der Waals surface area (Å²) in [5.74, 6) is 0.774. The number of nitrogens with zero attached hydrogens (tertiary/aromatic N) is 4. The topological polar surface area (TPSA) is 55.1 Å². The standard InChI is InChI=1S/C13H17N5S/c1-5-7(2)16-13-17-12-10(8(3)9(4)19-12)11-14-6-15-18(11)13/h6-7H,5H2,1-4H3,(H,16,17)/t7-/m0/s1. The van der Waals surface area contributed by atoms with Gasteiger partial charge < -0.3 is 5.32 Å². The van der Waals surface area contributed by atoms with Gasteiger partial charge in [0.15, 0.2) is 5.65 Å². The Morgan fingerprint density at radius 3 is 2.95 bits per heavy atom. The minimum absolute atomic E-state index is 0.361. The molecular weight excluding hydrogens is 258 g/mol. The molecule has 0 aliphatic rings. The maximum atomic E-state index is 4.71. The Labute approximate surface area is 115 Å². The van der Waals surface area contributed by atoms with Crippen molar-refractivity contribution >= 4 is 33.1 Å². The van der Waals surface area contributed by atoms with Crippen LogP contribution in [0.1, 0.15) is 30.7 Å². The predicted octanol–water partition coefficient (Wildman–Crippen LogP) is 3.17. The van der Waals surface area contributed by atoms with Gasteiger partial charge in [-0.1, -0.05) is 6.92 Å². The molecule has 0 spiro atoms. The number of hydrogen-bond acceptors (Lipinski definition) is 5. The Balaban J connectivity index is 2.29. The van der Waals surface area contributed by atoms with E-state index in [0.29, 0.717) is 6.04 Å². The molecule has 3 aromatic heterocycles. The summed E-state index contributed by atoms with van der Waals surface area (Å²) in [4.78, 5) is 11.4. The molecule has 0 saturated carbocycles. The zero-order valence-electron chi connectivity index (χ0n) is 11.6. The molecule has 1 atom stereocenters. The van der Waals surface area contributed by atoms with Gasteiger partial charge in [-0.05, 0) is 32.8 Å². The molecule has 3 aromatic rings. The molecule has 3 heterocycles. The van der Waals surface area contributed by atoms with Crippen molar-refractivity contribution in [2.45, 2.75) is 40.2 Å². The van der Waals surface area contributed by atoms with Crippen molar-refractivity contribution in [2.24, 2.45) is 0 Å². The van der Waals surface area contributed by atoms with Crippen LogP contribution in [0.4, 0.5) is 5.95 Å². The van der Waals surface area contributed by atoms with Crippen molar-refractivity contribution in [3.63, 3.8) is 0 Å². The van der Waals surface area contributed by atoms with E-state index in [1.807, 2.05) is 0 Å². The van der Waals surface area contributed by atoms with E-state index in [1.54, 1.807) is 22.2 Å². The maximum Gasteiger partial charge on any atom is 0.227 e. The van der Waals surface area contributed by atoms with Gasteiger partial charge in [-0.3, -0.25) is 0 Å². The number of nitrogens with one attached hydrogen (secondary N) is 1. The summed E-state index contributed by atoms with van der Waals surface area (Å²) in [5, 5.41) is 8.81. The fourth-order valence-corrected chi connectivity index (χ4v) is 3.10. The van der Waals surface area contributed by atoms with E-state index >= 15 is 0 Å². The zero-order chi connectivity index (χ0) is 13.6. The van der Waals surface area contributed by atoms with Crippen molar-refractivity contribution in [3.05, 3.63) is 16.8 Å². The molecule has 0 aliphatic carbocycles. The summed E-state index contributed by atoms with van der Waals surface area (Å²) in [7, 11) is 0. The van der Waals surface area contributed by atoms with Crippen molar-refractivity contribution in [1.82, 2.24) is 19.6 Å². The summed E-state index contributed by atoms with van der Waals surface area (Å²) in [6.45, 7) is 8.52. The Kier molecular flexibility index (Phi) is 2.89. The Bertz CT molecular complexity index is 742. The molecule has 0 amide bonds. The number of thiophene rings is 1. The quantitative estimate of drug-likeness (QED) is 0.797. The first kappa shape index (κ1) is 12.3. The van der Waals surface area contributed by atoms with Crippen LogP contribution in [-0.4, -0.2) is 25.6 Å². The minimum Gasteiger partial charge on any atom is -0.352 e. The summed E-state index contributed by atoms with van der Waals surface area (Å²) in [5.41, 5.74) is 2.14. The number of aryl methyl sites for hydroxylation is 2. The normalized spacial score (nSPS) is 13.3. The first-order valence-electron chi connectivity index (χ1n) is 6.47. The summed E-state index contributed by atoms with van der Waals surface area (Å²) < 4.78 is 1.80. The Morgan fingerprint density at radius 1 is 1.42 bits per heavy atom. The highest BCUT2D eigenvalue weighted by Gasteiger charge is 2.16. The van der Waals surface area contributed by atoms with Gasteiger partial charge in [-0.25, -0.2) is 9.97 Å². The molecule has 100 valence electrons. The predicted molar refractivity (Wildman–Crippen MR) is 79.0 cm³/mol. The molecule has 0 unspecified atom stereocenters. The summed E-state index contributed by atoms with van der Waals surface area (Å²) in [6, 6.07) is 0.361. The van der Waals surface area contributed by atoms with E-state index < -0.39 is 0 Å². The van der Waals surface area contributed by atoms with Gasteiger partial charge in [-0.2, -0.15) is 9.61 Å². The Hall–Kier alpha value is -1.69. The van der Waals surface area contributed by atoms with Crippen LogP contribution in [0.5, 0.6) is 0 Å². The van der Waals surface area contributed by atoms with Crippen LogP contribution in [0.2, 0.25) is 0 Å². The van der Waals surface area contributed by atoms with Crippen molar-refractivity contribution < 1.29 is 0 Å². The van der Waals surface area contributed by atoms with Crippen LogP contribution in [0.25, 0.3) is 15.9 Å². The second-order valence-electron chi connectivity index (χ2n) is 4.85. The highest BCUT2D eigenvalue weighted by Crippen LogP contribution is 2.32. The number of hydrogen-bond donors (Lipinski definition) is 1. The largest absolute Gasteiger partial charge is 0.352 e. The second-order valence-corrected chi connectivity index (χ2v) is 6.05. The molecule has 0 saturated heterocycles. The number of anilines is 1. The van der Waals surface area contributed by atoms with E-state index in [9.17, 15) is 0 Å². The van der Waals surface area contributed by atoms with E-state index in [1.165, 1.54) is 10.4 Å². The first-order chi connectivity index (χ1) is 9.11. The van der Waals surface area contributed by atoms with Gasteiger partial charge in [0.2, 0.25) is 5.95 Å². The average molecular weight is 275 g/mol. The summed E-state index contributed by atoms with van der Waals surface area (Å²) in [6.07, 6.45) is 2.63. The molecule has 5 nitrogen and oxygen atoms in total. The highest BCUT2D eigenvalue weighted by molar-refractivity contribution is 7.18. The number of rotatable bonds is 3. The van der Waals surface area contributed by atoms with Gasteiger partial charge in [-0.15, -0.1) is 11.3 Å². The van der Waals surface area contributed by atoms with Crippen LogP contribution in [-0.2, 0) is 0 Å². The van der Waals surface area contributed by atoms with E-state index in [-0.39, 0.29) is 0 Å². The van der Waals surface area contributed by atoms with Gasteiger partial charge in [0.25, 0.3) is 0 Å². The van der Waals surface area contributed by atoms with Crippen molar-refractivity contribution in [3.8, 4) is 0 Å². The smallest absolute Gasteiger partial charge is 0.227 e. The summed E-state index contributed by atoms with van der Waals surface area (Å²) >= 11 is 1.71. The van der Waals surface area contributed by atoms with Crippen molar-refractivity contribution in [1.29, 1.82) is 0 Å². The lowest BCUT2D eigenvalue weighted by Crippen LogP contribution is -2.17. The highest BCUT2D eigenvalue weighted by atomic mass is 32.1. The molecule has 0 fully saturated rings. The molecule has 0 bridgehead atoms. The second kappa shape index (κ2) is 4.45.